The fourth-order valence-corrected chi connectivity index (χ4v) is 6.85. The summed E-state index contributed by atoms with van der Waals surface area (Å²) in [5, 5.41) is 3.10. The molecule has 7 nitrogen and oxygen atoms in total. The second-order valence-corrected chi connectivity index (χ2v) is 12.5. The molecule has 2 heterocycles. The second kappa shape index (κ2) is 10.8. The number of methoxy groups -OCH3 is 1. The Morgan fingerprint density at radius 2 is 1.64 bits per heavy atom. The van der Waals surface area contributed by atoms with Gasteiger partial charge in [-0.3, -0.25) is 19.8 Å². The van der Waals surface area contributed by atoms with Gasteiger partial charge in [0.05, 0.1) is 24.1 Å². The number of nitrogens with one attached hydrogen (secondary N) is 1. The number of aromatic nitrogens is 2. The van der Waals surface area contributed by atoms with Gasteiger partial charge in [0.25, 0.3) is 5.91 Å². The summed E-state index contributed by atoms with van der Waals surface area (Å²) >= 11 is 0. The van der Waals surface area contributed by atoms with Crippen LogP contribution in [0.15, 0.2) is 48.5 Å². The summed E-state index contributed by atoms with van der Waals surface area (Å²) < 4.78 is 7.22. The Labute approximate surface area is 231 Å². The van der Waals surface area contributed by atoms with E-state index in [-0.39, 0.29) is 34.9 Å². The molecule has 5 rings (SSSR count). The summed E-state index contributed by atoms with van der Waals surface area (Å²) in [7, 11) is 1.46. The number of carbonyl (C=O) groups is 2. The van der Waals surface area contributed by atoms with Crippen LogP contribution in [-0.4, -0.2) is 44.5 Å². The molecule has 3 aromatic rings. The standard InChI is InChI=1S/C32H42N4O3/c1-31(2)18-9-19-32(3,4)35(31)21-22-12-17-26-27(20-22)36(25-15-13-24(14-16-25)29(38)39-5)30(33-26)34-28(37)23-10-7-6-8-11-23/h6-8,10-12,17,20,24-25H,9,13-16,18-19,21H2,1-5H3,(H,33,34,37). The smallest absolute Gasteiger partial charge is 0.308 e. The SMILES string of the molecule is COC(=O)C1CCC(n2c(NC(=O)c3ccccc3)nc3ccc(CN4C(C)(C)CCCC4(C)C)cc32)CC1. The fourth-order valence-electron chi connectivity index (χ4n) is 6.85. The zero-order valence-electron chi connectivity index (χ0n) is 24.0. The average molecular weight is 531 g/mol. The minimum absolute atomic E-state index is 0.0671. The lowest BCUT2D eigenvalue weighted by Crippen LogP contribution is -2.57. The van der Waals surface area contributed by atoms with Crippen LogP contribution in [0.25, 0.3) is 11.0 Å². The zero-order chi connectivity index (χ0) is 27.8. The van der Waals surface area contributed by atoms with Crippen molar-refractivity contribution >= 4 is 28.9 Å². The molecule has 7 heteroatoms. The molecule has 1 saturated carbocycles. The number of hydrogen-bond acceptors (Lipinski definition) is 5. The average Bonchev–Trinajstić information content (AvgIpc) is 3.27. The van der Waals surface area contributed by atoms with E-state index in [4.69, 9.17) is 9.72 Å². The largest absolute Gasteiger partial charge is 0.469 e. The van der Waals surface area contributed by atoms with Gasteiger partial charge in [0, 0.05) is 29.2 Å². The van der Waals surface area contributed by atoms with E-state index in [2.05, 4.69) is 60.7 Å². The van der Waals surface area contributed by atoms with Crippen molar-refractivity contribution in [1.29, 1.82) is 0 Å². The number of likely N-dealkylation sites (tertiary alicyclic amines) is 1. The molecule has 1 aromatic heterocycles. The van der Waals surface area contributed by atoms with Crippen LogP contribution in [0.1, 0.15) is 94.6 Å². The van der Waals surface area contributed by atoms with Gasteiger partial charge in [0.15, 0.2) is 0 Å². The number of carbonyl (C=O) groups excluding carboxylic acids is 2. The summed E-state index contributed by atoms with van der Waals surface area (Å²) in [4.78, 5) is 32.9. The van der Waals surface area contributed by atoms with Gasteiger partial charge in [-0.2, -0.15) is 0 Å². The van der Waals surface area contributed by atoms with Crippen LogP contribution in [0.2, 0.25) is 0 Å². The lowest BCUT2D eigenvalue weighted by Gasteiger charge is -2.53. The predicted octanol–water partition coefficient (Wildman–Crippen LogP) is 6.74. The highest BCUT2D eigenvalue weighted by atomic mass is 16.5. The normalized spacial score (nSPS) is 22.9. The molecule has 0 radical (unpaired) electrons. The maximum atomic E-state index is 13.1. The number of fused-ring (bicyclic) bond motifs is 1. The number of hydrogen-bond donors (Lipinski definition) is 1. The third kappa shape index (κ3) is 5.60. The quantitative estimate of drug-likeness (QED) is 0.357. The van der Waals surface area contributed by atoms with Crippen LogP contribution in [-0.2, 0) is 16.1 Å². The van der Waals surface area contributed by atoms with Gasteiger partial charge in [0.1, 0.15) is 0 Å². The van der Waals surface area contributed by atoms with Gasteiger partial charge in [-0.1, -0.05) is 24.3 Å². The number of anilines is 1. The summed E-state index contributed by atoms with van der Waals surface area (Å²) in [6.07, 6.45) is 6.82. The Morgan fingerprint density at radius 1 is 0.974 bits per heavy atom. The lowest BCUT2D eigenvalue weighted by atomic mass is 9.79. The van der Waals surface area contributed by atoms with E-state index >= 15 is 0 Å². The molecule has 1 aliphatic heterocycles. The highest BCUT2D eigenvalue weighted by molar-refractivity contribution is 6.04. The number of imidazole rings is 1. The molecule has 1 aliphatic carbocycles. The van der Waals surface area contributed by atoms with Crippen molar-refractivity contribution in [2.24, 2.45) is 5.92 Å². The number of rotatable bonds is 6. The molecular formula is C32H42N4O3. The van der Waals surface area contributed by atoms with Gasteiger partial charge in [-0.05, 0) is 102 Å². The van der Waals surface area contributed by atoms with E-state index in [1.54, 1.807) is 0 Å². The second-order valence-electron chi connectivity index (χ2n) is 12.5. The first-order valence-corrected chi connectivity index (χ1v) is 14.3. The van der Waals surface area contributed by atoms with Crippen LogP contribution in [0, 0.1) is 5.92 Å². The summed E-state index contributed by atoms with van der Waals surface area (Å²) in [5.41, 5.74) is 3.99. The van der Waals surface area contributed by atoms with Gasteiger partial charge < -0.3 is 9.30 Å². The van der Waals surface area contributed by atoms with E-state index < -0.39 is 0 Å². The number of nitrogens with zero attached hydrogens (tertiary/aromatic N) is 3. The number of piperidine rings is 1. The molecule has 1 saturated heterocycles. The summed E-state index contributed by atoms with van der Waals surface area (Å²) in [6.45, 7) is 10.3. The molecule has 2 aliphatic rings. The molecule has 1 amide bonds. The summed E-state index contributed by atoms with van der Waals surface area (Å²) in [5.74, 6) is 0.196. The molecule has 0 atom stereocenters. The molecule has 0 spiro atoms. The molecular weight excluding hydrogens is 488 g/mol. The first-order chi connectivity index (χ1) is 18.6. The Morgan fingerprint density at radius 3 is 2.28 bits per heavy atom. The Balaban J connectivity index is 1.50. The maximum Gasteiger partial charge on any atom is 0.308 e. The first kappa shape index (κ1) is 27.4. The monoisotopic (exact) mass is 530 g/mol. The van der Waals surface area contributed by atoms with Crippen LogP contribution < -0.4 is 5.32 Å². The van der Waals surface area contributed by atoms with Crippen LogP contribution in [0.3, 0.4) is 0 Å². The highest BCUT2D eigenvalue weighted by Crippen LogP contribution is 2.41. The highest BCUT2D eigenvalue weighted by Gasteiger charge is 2.41. The maximum absolute atomic E-state index is 13.1. The van der Waals surface area contributed by atoms with Gasteiger partial charge >= 0.3 is 5.97 Å². The third-order valence-electron chi connectivity index (χ3n) is 8.99. The molecule has 2 fully saturated rings. The Kier molecular flexibility index (Phi) is 7.55. The Bertz CT molecular complexity index is 1320. The van der Waals surface area contributed by atoms with E-state index in [1.165, 1.54) is 31.9 Å². The predicted molar refractivity (Wildman–Crippen MR) is 155 cm³/mol. The number of benzene rings is 2. The van der Waals surface area contributed by atoms with Crippen molar-refractivity contribution in [3.05, 3.63) is 59.7 Å². The number of amides is 1. The fraction of sp³-hybridized carbons (Fsp3) is 0.531. The summed E-state index contributed by atoms with van der Waals surface area (Å²) in [6, 6.07) is 15.9. The van der Waals surface area contributed by atoms with Crippen LogP contribution in [0.4, 0.5) is 5.95 Å². The van der Waals surface area contributed by atoms with E-state index in [9.17, 15) is 9.59 Å². The van der Waals surface area contributed by atoms with Crippen molar-refractivity contribution in [1.82, 2.24) is 14.5 Å². The van der Waals surface area contributed by atoms with E-state index in [0.29, 0.717) is 11.5 Å². The first-order valence-electron chi connectivity index (χ1n) is 14.3. The van der Waals surface area contributed by atoms with Crippen molar-refractivity contribution < 1.29 is 14.3 Å². The minimum atomic E-state index is -0.174. The van der Waals surface area contributed by atoms with Crippen molar-refractivity contribution in [2.45, 2.75) is 96.3 Å². The molecule has 2 aromatic carbocycles. The molecule has 1 N–H and O–H groups in total. The number of esters is 1. The van der Waals surface area contributed by atoms with Crippen LogP contribution in [0.5, 0.6) is 0 Å². The van der Waals surface area contributed by atoms with Gasteiger partial charge in [-0.15, -0.1) is 0 Å². The van der Waals surface area contributed by atoms with Crippen molar-refractivity contribution in [3.63, 3.8) is 0 Å². The van der Waals surface area contributed by atoms with Gasteiger partial charge in [0.2, 0.25) is 5.95 Å². The van der Waals surface area contributed by atoms with Crippen molar-refractivity contribution in [3.8, 4) is 0 Å². The topological polar surface area (TPSA) is 76.5 Å². The van der Waals surface area contributed by atoms with Crippen LogP contribution >= 0.6 is 0 Å². The van der Waals surface area contributed by atoms with Crippen molar-refractivity contribution in [2.75, 3.05) is 12.4 Å². The van der Waals surface area contributed by atoms with Gasteiger partial charge in [-0.25, -0.2) is 4.98 Å². The molecule has 0 bridgehead atoms. The lowest BCUT2D eigenvalue weighted by molar-refractivity contribution is -0.146. The Hall–Kier alpha value is -3.19. The zero-order valence-corrected chi connectivity index (χ0v) is 24.0. The van der Waals surface area contributed by atoms with E-state index in [1.807, 2.05) is 30.3 Å². The molecule has 39 heavy (non-hydrogen) atoms. The van der Waals surface area contributed by atoms with E-state index in [0.717, 1.165) is 43.3 Å². The third-order valence-corrected chi connectivity index (χ3v) is 8.99. The number of ether oxygens (including phenoxy) is 1. The molecule has 0 unspecified atom stereocenters. The minimum Gasteiger partial charge on any atom is -0.469 e. The molecule has 208 valence electrons.